The van der Waals surface area contributed by atoms with Crippen molar-refractivity contribution in [2.45, 2.75) is 13.5 Å². The van der Waals surface area contributed by atoms with E-state index in [1.54, 1.807) is 24.5 Å². The van der Waals surface area contributed by atoms with Crippen LogP contribution in [0.2, 0.25) is 0 Å². The second-order valence-corrected chi connectivity index (χ2v) is 6.00. The van der Waals surface area contributed by atoms with Crippen molar-refractivity contribution in [2.24, 2.45) is 0 Å². The summed E-state index contributed by atoms with van der Waals surface area (Å²) in [4.78, 5) is 16.9. The zero-order valence-electron chi connectivity index (χ0n) is 12.7. The van der Waals surface area contributed by atoms with Gasteiger partial charge in [0.2, 0.25) is 0 Å². The van der Waals surface area contributed by atoms with Gasteiger partial charge in [0, 0.05) is 6.20 Å². The van der Waals surface area contributed by atoms with Crippen LogP contribution in [0.25, 0.3) is 0 Å². The van der Waals surface area contributed by atoms with E-state index in [-0.39, 0.29) is 5.91 Å². The third kappa shape index (κ3) is 3.96. The van der Waals surface area contributed by atoms with Crippen LogP contribution in [0.4, 0.5) is 5.69 Å². The molecule has 5 heteroatoms. The number of pyridine rings is 1. The van der Waals surface area contributed by atoms with Gasteiger partial charge in [-0.15, -0.1) is 11.3 Å². The van der Waals surface area contributed by atoms with Crippen molar-refractivity contribution in [2.75, 3.05) is 5.32 Å². The Hall–Kier alpha value is -2.66. The summed E-state index contributed by atoms with van der Waals surface area (Å²) in [5.74, 6) is 0.406. The fourth-order valence-electron chi connectivity index (χ4n) is 2.05. The van der Waals surface area contributed by atoms with Crippen molar-refractivity contribution in [3.8, 4) is 5.75 Å². The Labute approximate surface area is 138 Å². The van der Waals surface area contributed by atoms with Gasteiger partial charge in [0.1, 0.15) is 17.2 Å². The predicted octanol–water partition coefficient (Wildman–Crippen LogP) is 4.28. The minimum absolute atomic E-state index is 0.188. The minimum atomic E-state index is -0.188. The number of rotatable bonds is 5. The van der Waals surface area contributed by atoms with E-state index in [1.165, 1.54) is 16.9 Å². The van der Waals surface area contributed by atoms with Gasteiger partial charge in [-0.3, -0.25) is 9.78 Å². The lowest BCUT2D eigenvalue weighted by Gasteiger charge is -2.08. The highest BCUT2D eigenvalue weighted by Crippen LogP contribution is 2.26. The van der Waals surface area contributed by atoms with Crippen LogP contribution in [0.1, 0.15) is 20.8 Å². The van der Waals surface area contributed by atoms with Gasteiger partial charge >= 0.3 is 0 Å². The van der Waals surface area contributed by atoms with Crippen LogP contribution in [-0.2, 0) is 6.61 Å². The number of nitrogens with zero attached hydrogens (tertiary/aromatic N) is 1. The molecule has 1 amide bonds. The molecule has 23 heavy (non-hydrogen) atoms. The van der Waals surface area contributed by atoms with Gasteiger partial charge in [0.15, 0.2) is 0 Å². The molecule has 1 aromatic carbocycles. The molecule has 0 saturated heterocycles. The number of aromatic nitrogens is 1. The first kappa shape index (κ1) is 15.2. The standard InChI is InChI=1S/C18H16N2O2S/c1-13-4-6-14(7-5-13)12-22-16-8-10-23-17(16)18(21)20-15-3-2-9-19-11-15/h2-11H,12H2,1H3,(H,20,21). The van der Waals surface area contributed by atoms with Crippen LogP contribution in [0.15, 0.2) is 60.2 Å². The number of thiophene rings is 1. The largest absolute Gasteiger partial charge is 0.487 e. The Morgan fingerprint density at radius 2 is 2.04 bits per heavy atom. The van der Waals surface area contributed by atoms with E-state index in [0.717, 1.165) is 5.56 Å². The van der Waals surface area contributed by atoms with Gasteiger partial charge in [-0.25, -0.2) is 0 Å². The van der Waals surface area contributed by atoms with Crippen LogP contribution >= 0.6 is 11.3 Å². The number of amides is 1. The lowest BCUT2D eigenvalue weighted by atomic mass is 10.2. The van der Waals surface area contributed by atoms with Crippen molar-refractivity contribution >= 4 is 22.9 Å². The smallest absolute Gasteiger partial charge is 0.269 e. The average molecular weight is 324 g/mol. The monoisotopic (exact) mass is 324 g/mol. The van der Waals surface area contributed by atoms with E-state index in [0.29, 0.717) is 22.9 Å². The Morgan fingerprint density at radius 1 is 1.22 bits per heavy atom. The summed E-state index contributed by atoms with van der Waals surface area (Å²) < 4.78 is 5.80. The Balaban J connectivity index is 1.67. The molecule has 2 aromatic heterocycles. The van der Waals surface area contributed by atoms with Crippen LogP contribution < -0.4 is 10.1 Å². The third-order valence-corrected chi connectivity index (χ3v) is 4.16. The molecular formula is C18H16N2O2S. The maximum Gasteiger partial charge on any atom is 0.269 e. The highest BCUT2D eigenvalue weighted by Gasteiger charge is 2.15. The Kier molecular flexibility index (Phi) is 4.68. The number of anilines is 1. The molecule has 0 unspecified atom stereocenters. The minimum Gasteiger partial charge on any atom is -0.487 e. The molecule has 0 aliphatic rings. The molecule has 0 atom stereocenters. The lowest BCUT2D eigenvalue weighted by Crippen LogP contribution is -2.11. The molecule has 116 valence electrons. The lowest BCUT2D eigenvalue weighted by molar-refractivity contribution is 0.102. The SMILES string of the molecule is Cc1ccc(COc2ccsc2C(=O)Nc2cccnc2)cc1. The van der Waals surface area contributed by atoms with Crippen molar-refractivity contribution in [1.29, 1.82) is 0 Å². The summed E-state index contributed by atoms with van der Waals surface area (Å²) in [6, 6.07) is 13.5. The number of nitrogens with one attached hydrogen (secondary N) is 1. The number of carbonyl (C=O) groups is 1. The topological polar surface area (TPSA) is 51.2 Å². The van der Waals surface area contributed by atoms with Crippen LogP contribution in [0.3, 0.4) is 0 Å². The van der Waals surface area contributed by atoms with Crippen molar-refractivity contribution in [3.63, 3.8) is 0 Å². The number of carbonyl (C=O) groups excluding carboxylic acids is 1. The first-order valence-electron chi connectivity index (χ1n) is 7.19. The summed E-state index contributed by atoms with van der Waals surface area (Å²) in [6.45, 7) is 2.48. The number of ether oxygens (including phenoxy) is 1. The Bertz CT molecular complexity index is 782. The highest BCUT2D eigenvalue weighted by atomic mass is 32.1. The van der Waals surface area contributed by atoms with E-state index in [9.17, 15) is 4.79 Å². The molecule has 3 aromatic rings. The molecule has 2 heterocycles. The van der Waals surface area contributed by atoms with Crippen molar-refractivity contribution in [1.82, 2.24) is 4.98 Å². The molecular weight excluding hydrogens is 308 g/mol. The second-order valence-electron chi connectivity index (χ2n) is 5.08. The molecule has 0 saturated carbocycles. The molecule has 0 radical (unpaired) electrons. The van der Waals surface area contributed by atoms with Crippen molar-refractivity contribution in [3.05, 3.63) is 76.2 Å². The predicted molar refractivity (Wildman–Crippen MR) is 92.0 cm³/mol. The first-order chi connectivity index (χ1) is 11.2. The summed E-state index contributed by atoms with van der Waals surface area (Å²) in [5, 5.41) is 4.67. The van der Waals surface area contributed by atoms with Gasteiger partial charge < -0.3 is 10.1 Å². The fraction of sp³-hybridized carbons (Fsp3) is 0.111. The number of benzene rings is 1. The van der Waals surface area contributed by atoms with Gasteiger partial charge in [-0.05, 0) is 36.1 Å². The maximum atomic E-state index is 12.3. The van der Waals surface area contributed by atoms with E-state index < -0.39 is 0 Å². The summed E-state index contributed by atoms with van der Waals surface area (Å²) in [5.41, 5.74) is 2.94. The van der Waals surface area contributed by atoms with Gasteiger partial charge in [-0.2, -0.15) is 0 Å². The van der Waals surface area contributed by atoms with Crippen LogP contribution in [0.5, 0.6) is 5.75 Å². The molecule has 0 fully saturated rings. The zero-order chi connectivity index (χ0) is 16.1. The number of aryl methyl sites for hydroxylation is 1. The molecule has 3 rings (SSSR count). The fourth-order valence-corrected chi connectivity index (χ4v) is 2.78. The first-order valence-corrected chi connectivity index (χ1v) is 8.07. The van der Waals surface area contributed by atoms with Gasteiger partial charge in [0.05, 0.1) is 11.9 Å². The summed E-state index contributed by atoms with van der Waals surface area (Å²) >= 11 is 1.36. The maximum absolute atomic E-state index is 12.3. The quantitative estimate of drug-likeness (QED) is 0.762. The zero-order valence-corrected chi connectivity index (χ0v) is 13.5. The summed E-state index contributed by atoms with van der Waals surface area (Å²) in [7, 11) is 0. The number of hydrogen-bond acceptors (Lipinski definition) is 4. The molecule has 0 aliphatic heterocycles. The third-order valence-electron chi connectivity index (χ3n) is 3.27. The van der Waals surface area contributed by atoms with Gasteiger partial charge in [-0.1, -0.05) is 29.8 Å². The molecule has 1 N–H and O–H groups in total. The van der Waals surface area contributed by atoms with Crippen molar-refractivity contribution < 1.29 is 9.53 Å². The van der Waals surface area contributed by atoms with E-state index in [4.69, 9.17) is 4.74 Å². The van der Waals surface area contributed by atoms with E-state index >= 15 is 0 Å². The average Bonchev–Trinajstić information content (AvgIpc) is 3.04. The van der Waals surface area contributed by atoms with E-state index in [2.05, 4.69) is 10.3 Å². The van der Waals surface area contributed by atoms with E-state index in [1.807, 2.05) is 42.6 Å². The molecule has 4 nitrogen and oxygen atoms in total. The molecule has 0 spiro atoms. The normalized spacial score (nSPS) is 10.3. The van der Waals surface area contributed by atoms with Crippen LogP contribution in [-0.4, -0.2) is 10.9 Å². The molecule has 0 aliphatic carbocycles. The summed E-state index contributed by atoms with van der Waals surface area (Å²) in [6.07, 6.45) is 3.27. The Morgan fingerprint density at radius 3 is 2.78 bits per heavy atom. The second kappa shape index (κ2) is 7.07. The molecule has 0 bridgehead atoms. The van der Waals surface area contributed by atoms with Crippen LogP contribution in [0, 0.1) is 6.92 Å². The van der Waals surface area contributed by atoms with Gasteiger partial charge in [0.25, 0.3) is 5.91 Å². The highest BCUT2D eigenvalue weighted by molar-refractivity contribution is 7.12. The number of hydrogen-bond donors (Lipinski definition) is 1.